The maximum Gasteiger partial charge on any atom is 0.274 e. The van der Waals surface area contributed by atoms with Crippen LogP contribution in [0.1, 0.15) is 43.6 Å². The molecular weight excluding hydrogens is 252 g/mol. The molecule has 1 amide bonds. The third kappa shape index (κ3) is 3.60. The summed E-state index contributed by atoms with van der Waals surface area (Å²) >= 11 is 0. The fraction of sp³-hybridized carbons (Fsp3) is 0.733. The zero-order valence-corrected chi connectivity index (χ0v) is 12.6. The molecule has 0 bridgehead atoms. The van der Waals surface area contributed by atoms with Gasteiger partial charge in [-0.15, -0.1) is 0 Å². The highest BCUT2D eigenvalue weighted by atomic mass is 16.2. The average Bonchev–Trinajstić information content (AvgIpc) is 2.74. The molecule has 2 rings (SSSR count). The molecule has 1 aliphatic rings. The second-order valence-corrected chi connectivity index (χ2v) is 6.01. The highest BCUT2D eigenvalue weighted by Gasteiger charge is 2.24. The van der Waals surface area contributed by atoms with Crippen LogP contribution in [0.2, 0.25) is 0 Å². The molecule has 1 saturated heterocycles. The van der Waals surface area contributed by atoms with Gasteiger partial charge >= 0.3 is 0 Å². The minimum absolute atomic E-state index is 0.0603. The smallest absolute Gasteiger partial charge is 0.274 e. The second-order valence-electron chi connectivity index (χ2n) is 6.01. The Morgan fingerprint density at radius 3 is 2.95 bits per heavy atom. The van der Waals surface area contributed by atoms with Crippen LogP contribution in [0, 0.1) is 11.8 Å². The lowest BCUT2D eigenvalue weighted by molar-refractivity contribution is 0.0753. The topological polar surface area (TPSA) is 64.2 Å². The van der Waals surface area contributed by atoms with E-state index < -0.39 is 0 Å². The van der Waals surface area contributed by atoms with Crippen molar-refractivity contribution in [3.63, 3.8) is 0 Å². The van der Waals surface area contributed by atoms with E-state index in [1.807, 2.05) is 9.47 Å². The van der Waals surface area contributed by atoms with Crippen molar-refractivity contribution in [2.45, 2.75) is 39.7 Å². The van der Waals surface area contributed by atoms with Gasteiger partial charge in [0.25, 0.3) is 5.91 Å². The Labute approximate surface area is 121 Å². The molecule has 1 aliphatic heterocycles. The van der Waals surface area contributed by atoms with Gasteiger partial charge in [0.15, 0.2) is 0 Å². The Morgan fingerprint density at radius 1 is 1.45 bits per heavy atom. The molecule has 20 heavy (non-hydrogen) atoms. The summed E-state index contributed by atoms with van der Waals surface area (Å²) in [5.74, 6) is 1.50. The van der Waals surface area contributed by atoms with E-state index in [0.717, 1.165) is 31.8 Å². The minimum atomic E-state index is 0.0603. The van der Waals surface area contributed by atoms with E-state index in [9.17, 15) is 4.79 Å². The van der Waals surface area contributed by atoms with Gasteiger partial charge in [0.1, 0.15) is 5.69 Å². The molecule has 5 heteroatoms. The van der Waals surface area contributed by atoms with E-state index >= 15 is 0 Å². The fourth-order valence-corrected chi connectivity index (χ4v) is 2.90. The SMILES string of the molecule is CC(C)C1CCCN(C(=O)c2cn(CCN)cn2)CC1. The van der Waals surface area contributed by atoms with Crippen LogP contribution in [-0.4, -0.2) is 40.0 Å². The normalized spacial score (nSPS) is 20.2. The van der Waals surface area contributed by atoms with Crippen molar-refractivity contribution in [2.75, 3.05) is 19.6 Å². The van der Waals surface area contributed by atoms with Crippen molar-refractivity contribution in [1.82, 2.24) is 14.5 Å². The van der Waals surface area contributed by atoms with Crippen molar-refractivity contribution >= 4 is 5.91 Å². The Balaban J connectivity index is 1.97. The van der Waals surface area contributed by atoms with E-state index in [0.29, 0.717) is 24.7 Å². The number of nitrogens with two attached hydrogens (primary N) is 1. The number of amides is 1. The van der Waals surface area contributed by atoms with Gasteiger partial charge in [-0.3, -0.25) is 4.79 Å². The molecule has 2 N–H and O–H groups in total. The molecular formula is C15H26N4O. The van der Waals surface area contributed by atoms with Crippen molar-refractivity contribution < 1.29 is 4.79 Å². The van der Waals surface area contributed by atoms with Gasteiger partial charge in [-0.25, -0.2) is 4.98 Å². The Hall–Kier alpha value is -1.36. The fourth-order valence-electron chi connectivity index (χ4n) is 2.90. The number of hydrogen-bond donors (Lipinski definition) is 1. The predicted octanol–water partition coefficient (Wildman–Crippen LogP) is 1.74. The van der Waals surface area contributed by atoms with E-state index in [4.69, 9.17) is 5.73 Å². The molecule has 0 spiro atoms. The average molecular weight is 278 g/mol. The Morgan fingerprint density at radius 2 is 2.25 bits per heavy atom. The molecule has 1 fully saturated rings. The number of imidazole rings is 1. The third-order valence-electron chi connectivity index (χ3n) is 4.24. The van der Waals surface area contributed by atoms with E-state index in [2.05, 4.69) is 18.8 Å². The quantitative estimate of drug-likeness (QED) is 0.912. The number of aromatic nitrogens is 2. The van der Waals surface area contributed by atoms with E-state index in [-0.39, 0.29) is 5.91 Å². The van der Waals surface area contributed by atoms with Crippen LogP contribution >= 0.6 is 0 Å². The first kappa shape index (κ1) is 15.0. The number of likely N-dealkylation sites (tertiary alicyclic amines) is 1. The molecule has 1 atom stereocenters. The second kappa shape index (κ2) is 6.88. The molecule has 0 aromatic carbocycles. The first-order valence-electron chi connectivity index (χ1n) is 7.63. The van der Waals surface area contributed by atoms with Crippen molar-refractivity contribution in [3.05, 3.63) is 18.2 Å². The highest BCUT2D eigenvalue weighted by Crippen LogP contribution is 2.25. The van der Waals surface area contributed by atoms with Crippen LogP contribution in [0.4, 0.5) is 0 Å². The van der Waals surface area contributed by atoms with Crippen molar-refractivity contribution in [3.8, 4) is 0 Å². The van der Waals surface area contributed by atoms with Crippen molar-refractivity contribution in [2.24, 2.45) is 17.6 Å². The molecule has 0 radical (unpaired) electrons. The van der Waals surface area contributed by atoms with Crippen LogP contribution in [0.3, 0.4) is 0 Å². The number of nitrogens with zero attached hydrogens (tertiary/aromatic N) is 3. The largest absolute Gasteiger partial charge is 0.337 e. The third-order valence-corrected chi connectivity index (χ3v) is 4.24. The number of hydrogen-bond acceptors (Lipinski definition) is 3. The maximum atomic E-state index is 12.5. The highest BCUT2D eigenvalue weighted by molar-refractivity contribution is 5.92. The van der Waals surface area contributed by atoms with Gasteiger partial charge in [0.2, 0.25) is 0 Å². The first-order valence-corrected chi connectivity index (χ1v) is 7.63. The lowest BCUT2D eigenvalue weighted by Crippen LogP contribution is -2.32. The summed E-state index contributed by atoms with van der Waals surface area (Å²) in [6.07, 6.45) is 6.92. The van der Waals surface area contributed by atoms with Gasteiger partial charge in [-0.1, -0.05) is 13.8 Å². The predicted molar refractivity (Wildman–Crippen MR) is 79.4 cm³/mol. The number of carbonyl (C=O) groups excluding carboxylic acids is 1. The zero-order chi connectivity index (χ0) is 14.5. The summed E-state index contributed by atoms with van der Waals surface area (Å²) < 4.78 is 1.88. The first-order chi connectivity index (χ1) is 9.61. The standard InChI is InChI=1S/C15H26N4O/c1-12(2)13-4-3-7-19(8-5-13)15(20)14-10-18(9-6-16)11-17-14/h10-13H,3-9,16H2,1-2H3. The van der Waals surface area contributed by atoms with Crippen LogP contribution in [0.5, 0.6) is 0 Å². The van der Waals surface area contributed by atoms with Crippen LogP contribution in [0.25, 0.3) is 0 Å². The summed E-state index contributed by atoms with van der Waals surface area (Å²) in [6, 6.07) is 0. The summed E-state index contributed by atoms with van der Waals surface area (Å²) in [4.78, 5) is 18.6. The van der Waals surface area contributed by atoms with Gasteiger partial charge in [-0.2, -0.15) is 0 Å². The zero-order valence-electron chi connectivity index (χ0n) is 12.6. The summed E-state index contributed by atoms with van der Waals surface area (Å²) in [5.41, 5.74) is 6.05. The molecule has 1 aromatic heterocycles. The molecule has 2 heterocycles. The van der Waals surface area contributed by atoms with E-state index in [1.165, 1.54) is 6.42 Å². The summed E-state index contributed by atoms with van der Waals surface area (Å²) in [5, 5.41) is 0. The molecule has 1 aromatic rings. The van der Waals surface area contributed by atoms with Gasteiger partial charge < -0.3 is 15.2 Å². The molecule has 0 aliphatic carbocycles. The summed E-state index contributed by atoms with van der Waals surface area (Å²) in [6.45, 7) is 7.52. The maximum absolute atomic E-state index is 12.5. The number of rotatable bonds is 4. The van der Waals surface area contributed by atoms with Crippen LogP contribution < -0.4 is 5.73 Å². The molecule has 5 nitrogen and oxygen atoms in total. The molecule has 0 saturated carbocycles. The Bertz CT molecular complexity index is 441. The van der Waals surface area contributed by atoms with Gasteiger partial charge in [0, 0.05) is 32.4 Å². The Kier molecular flexibility index (Phi) is 5.17. The van der Waals surface area contributed by atoms with Crippen LogP contribution in [-0.2, 0) is 6.54 Å². The lowest BCUT2D eigenvalue weighted by Gasteiger charge is -2.20. The molecule has 112 valence electrons. The van der Waals surface area contributed by atoms with E-state index in [1.54, 1.807) is 12.5 Å². The monoisotopic (exact) mass is 278 g/mol. The minimum Gasteiger partial charge on any atom is -0.337 e. The lowest BCUT2D eigenvalue weighted by atomic mass is 9.89. The van der Waals surface area contributed by atoms with Gasteiger partial charge in [0.05, 0.1) is 6.33 Å². The molecule has 1 unspecified atom stereocenters. The number of carbonyl (C=O) groups is 1. The van der Waals surface area contributed by atoms with Gasteiger partial charge in [-0.05, 0) is 31.1 Å². The van der Waals surface area contributed by atoms with Crippen molar-refractivity contribution in [1.29, 1.82) is 0 Å². The van der Waals surface area contributed by atoms with Crippen LogP contribution in [0.15, 0.2) is 12.5 Å². The summed E-state index contributed by atoms with van der Waals surface area (Å²) in [7, 11) is 0.